The third kappa shape index (κ3) is 6.24. The van der Waals surface area contributed by atoms with E-state index in [1.165, 1.54) is 0 Å². The van der Waals surface area contributed by atoms with Crippen molar-refractivity contribution < 1.29 is 19.1 Å². The fourth-order valence-corrected chi connectivity index (χ4v) is 3.03. The Morgan fingerprint density at radius 2 is 1.92 bits per heavy atom. The molecule has 0 aliphatic heterocycles. The van der Waals surface area contributed by atoms with Gasteiger partial charge in [0.15, 0.2) is 11.5 Å². The van der Waals surface area contributed by atoms with Gasteiger partial charge < -0.3 is 20.1 Å². The molecule has 1 saturated carbocycles. The first kappa shape index (κ1) is 20.1. The molecular weight excluding hydrogens is 332 g/mol. The molecule has 0 atom stereocenters. The molecule has 0 spiro atoms. The summed E-state index contributed by atoms with van der Waals surface area (Å²) in [5, 5.41) is 5.54. The number of nitrogens with one attached hydrogen (secondary N) is 2. The van der Waals surface area contributed by atoms with Crippen LogP contribution in [0.15, 0.2) is 18.2 Å². The van der Waals surface area contributed by atoms with Crippen molar-refractivity contribution in [3.8, 4) is 11.5 Å². The van der Waals surface area contributed by atoms with Crippen molar-refractivity contribution in [1.29, 1.82) is 0 Å². The second-order valence-corrected chi connectivity index (χ2v) is 6.66. The lowest BCUT2D eigenvalue weighted by molar-refractivity contribution is -0.128. The maximum atomic E-state index is 11.9. The molecule has 144 valence electrons. The summed E-state index contributed by atoms with van der Waals surface area (Å²) in [6.07, 6.45) is 6.13. The van der Waals surface area contributed by atoms with E-state index in [9.17, 15) is 9.59 Å². The van der Waals surface area contributed by atoms with Crippen LogP contribution in [0.5, 0.6) is 11.5 Å². The van der Waals surface area contributed by atoms with Crippen molar-refractivity contribution in [3.63, 3.8) is 0 Å². The van der Waals surface area contributed by atoms with E-state index in [1.807, 2.05) is 18.2 Å². The van der Waals surface area contributed by atoms with Gasteiger partial charge in [0.25, 0.3) is 0 Å². The number of amides is 2. The standard InChI is InChI=1S/C20H30N2O4/c1-3-4-11-26-17-10-9-15(12-18(17)25-2)13-21-19(23)14-22-20(24)16-7-5-6-8-16/h9-10,12,16H,3-8,11,13-14H2,1-2H3,(H,21,23)(H,22,24). The molecule has 1 aliphatic rings. The Bertz CT molecular complexity index is 597. The van der Waals surface area contributed by atoms with Crippen LogP contribution >= 0.6 is 0 Å². The molecule has 2 N–H and O–H groups in total. The molecule has 1 fully saturated rings. The first-order valence-corrected chi connectivity index (χ1v) is 9.48. The Morgan fingerprint density at radius 1 is 1.15 bits per heavy atom. The van der Waals surface area contributed by atoms with Crippen molar-refractivity contribution in [3.05, 3.63) is 23.8 Å². The van der Waals surface area contributed by atoms with E-state index in [2.05, 4.69) is 17.6 Å². The summed E-state index contributed by atoms with van der Waals surface area (Å²) in [4.78, 5) is 23.9. The topological polar surface area (TPSA) is 76.7 Å². The lowest BCUT2D eigenvalue weighted by Crippen LogP contribution is -2.38. The van der Waals surface area contributed by atoms with E-state index in [-0.39, 0.29) is 24.3 Å². The summed E-state index contributed by atoms with van der Waals surface area (Å²) in [7, 11) is 1.60. The predicted molar refractivity (Wildman–Crippen MR) is 100 cm³/mol. The van der Waals surface area contributed by atoms with Crippen LogP contribution in [0.3, 0.4) is 0 Å². The zero-order chi connectivity index (χ0) is 18.8. The van der Waals surface area contributed by atoms with Gasteiger partial charge in [0.05, 0.1) is 20.3 Å². The molecule has 1 aliphatic carbocycles. The second kappa shape index (κ2) is 10.7. The van der Waals surface area contributed by atoms with Gasteiger partial charge in [0.2, 0.25) is 11.8 Å². The lowest BCUT2D eigenvalue weighted by Gasteiger charge is -2.13. The highest BCUT2D eigenvalue weighted by Gasteiger charge is 2.22. The fourth-order valence-electron chi connectivity index (χ4n) is 3.03. The molecule has 6 nitrogen and oxygen atoms in total. The number of benzene rings is 1. The molecular formula is C20H30N2O4. The largest absolute Gasteiger partial charge is 0.493 e. The second-order valence-electron chi connectivity index (χ2n) is 6.66. The zero-order valence-corrected chi connectivity index (χ0v) is 15.8. The van der Waals surface area contributed by atoms with Crippen LogP contribution in [-0.4, -0.2) is 32.1 Å². The highest BCUT2D eigenvalue weighted by Crippen LogP contribution is 2.28. The van der Waals surface area contributed by atoms with E-state index in [1.54, 1.807) is 7.11 Å². The highest BCUT2D eigenvalue weighted by atomic mass is 16.5. The quantitative estimate of drug-likeness (QED) is 0.628. The summed E-state index contributed by atoms with van der Waals surface area (Å²) in [6.45, 7) is 3.17. The van der Waals surface area contributed by atoms with E-state index in [4.69, 9.17) is 9.47 Å². The normalized spacial score (nSPS) is 14.1. The zero-order valence-electron chi connectivity index (χ0n) is 15.8. The highest BCUT2D eigenvalue weighted by molar-refractivity contribution is 5.85. The molecule has 1 aromatic carbocycles. The summed E-state index contributed by atoms with van der Waals surface area (Å²) >= 11 is 0. The van der Waals surface area contributed by atoms with Crippen molar-refractivity contribution in [2.45, 2.75) is 52.0 Å². The van der Waals surface area contributed by atoms with Crippen LogP contribution in [0.4, 0.5) is 0 Å². The van der Waals surface area contributed by atoms with Crippen molar-refractivity contribution in [2.75, 3.05) is 20.3 Å². The lowest BCUT2D eigenvalue weighted by atomic mass is 10.1. The van der Waals surface area contributed by atoms with Crippen LogP contribution < -0.4 is 20.1 Å². The van der Waals surface area contributed by atoms with Gasteiger partial charge in [-0.2, -0.15) is 0 Å². The van der Waals surface area contributed by atoms with Crippen LogP contribution in [0.1, 0.15) is 51.0 Å². The SMILES string of the molecule is CCCCOc1ccc(CNC(=O)CNC(=O)C2CCCC2)cc1OC. The molecule has 0 heterocycles. The third-order valence-corrected chi connectivity index (χ3v) is 4.62. The molecule has 6 heteroatoms. The summed E-state index contributed by atoms with van der Waals surface area (Å²) < 4.78 is 11.1. The molecule has 0 aromatic heterocycles. The third-order valence-electron chi connectivity index (χ3n) is 4.62. The van der Waals surface area contributed by atoms with Crippen LogP contribution in [0.2, 0.25) is 0 Å². The first-order valence-electron chi connectivity index (χ1n) is 9.48. The van der Waals surface area contributed by atoms with Crippen LogP contribution in [-0.2, 0) is 16.1 Å². The van der Waals surface area contributed by atoms with Gasteiger partial charge in [-0.1, -0.05) is 32.3 Å². The van der Waals surface area contributed by atoms with Gasteiger partial charge in [-0.15, -0.1) is 0 Å². The number of unbranched alkanes of at least 4 members (excludes halogenated alkanes) is 1. The van der Waals surface area contributed by atoms with Gasteiger partial charge in [-0.05, 0) is 37.0 Å². The Hall–Kier alpha value is -2.24. The maximum Gasteiger partial charge on any atom is 0.239 e. The summed E-state index contributed by atoms with van der Waals surface area (Å²) in [5.41, 5.74) is 0.917. The molecule has 0 bridgehead atoms. The molecule has 1 aromatic rings. The molecule has 0 radical (unpaired) electrons. The Balaban J connectivity index is 1.76. The van der Waals surface area contributed by atoms with Gasteiger partial charge in [-0.25, -0.2) is 0 Å². The molecule has 2 rings (SSSR count). The van der Waals surface area contributed by atoms with Gasteiger partial charge >= 0.3 is 0 Å². The van der Waals surface area contributed by atoms with E-state index in [0.29, 0.717) is 24.7 Å². The number of carbonyl (C=O) groups is 2. The predicted octanol–water partition coefficient (Wildman–Crippen LogP) is 2.80. The van der Waals surface area contributed by atoms with Crippen molar-refractivity contribution in [2.24, 2.45) is 5.92 Å². The van der Waals surface area contributed by atoms with Gasteiger partial charge in [-0.3, -0.25) is 9.59 Å². The van der Waals surface area contributed by atoms with Gasteiger partial charge in [0, 0.05) is 12.5 Å². The number of ether oxygens (including phenoxy) is 2. The summed E-state index contributed by atoms with van der Waals surface area (Å²) in [6, 6.07) is 5.62. The van der Waals surface area contributed by atoms with Crippen LogP contribution in [0, 0.1) is 5.92 Å². The Labute approximate surface area is 155 Å². The number of rotatable bonds is 10. The average Bonchev–Trinajstić information content (AvgIpc) is 3.20. The number of carbonyl (C=O) groups excluding carboxylic acids is 2. The fraction of sp³-hybridized carbons (Fsp3) is 0.600. The molecule has 0 unspecified atom stereocenters. The first-order chi connectivity index (χ1) is 12.6. The van der Waals surface area contributed by atoms with Crippen LogP contribution in [0.25, 0.3) is 0 Å². The van der Waals surface area contributed by atoms with E-state index < -0.39 is 0 Å². The number of hydrogen-bond acceptors (Lipinski definition) is 4. The minimum Gasteiger partial charge on any atom is -0.493 e. The average molecular weight is 362 g/mol. The number of methoxy groups -OCH3 is 1. The monoisotopic (exact) mass is 362 g/mol. The Kier molecular flexibility index (Phi) is 8.25. The van der Waals surface area contributed by atoms with Gasteiger partial charge in [0.1, 0.15) is 0 Å². The van der Waals surface area contributed by atoms with E-state index in [0.717, 1.165) is 44.1 Å². The maximum absolute atomic E-state index is 11.9. The molecule has 2 amide bonds. The number of hydrogen-bond donors (Lipinski definition) is 2. The minimum atomic E-state index is -0.196. The smallest absolute Gasteiger partial charge is 0.239 e. The van der Waals surface area contributed by atoms with E-state index >= 15 is 0 Å². The molecule has 26 heavy (non-hydrogen) atoms. The Morgan fingerprint density at radius 3 is 2.62 bits per heavy atom. The minimum absolute atomic E-state index is 0.00657. The molecule has 0 saturated heterocycles. The van der Waals surface area contributed by atoms with Crippen molar-refractivity contribution >= 4 is 11.8 Å². The van der Waals surface area contributed by atoms with Crippen molar-refractivity contribution in [1.82, 2.24) is 10.6 Å². The summed E-state index contributed by atoms with van der Waals surface area (Å²) in [5.74, 6) is 1.24.